The predicted octanol–water partition coefficient (Wildman–Crippen LogP) is 14.2. The zero-order valence-electron chi connectivity index (χ0n) is 29.9. The Labute approximate surface area is 319 Å². The first kappa shape index (κ1) is 30.3. The summed E-state index contributed by atoms with van der Waals surface area (Å²) in [4.78, 5) is 2.31. The van der Waals surface area contributed by atoms with E-state index in [-0.39, 0.29) is 0 Å². The summed E-state index contributed by atoms with van der Waals surface area (Å²) in [6.45, 7) is 0. The average Bonchev–Trinajstić information content (AvgIpc) is 3.78. The molecule has 2 aliphatic carbocycles. The molecule has 0 radical (unpaired) electrons. The van der Waals surface area contributed by atoms with Gasteiger partial charge in [-0.25, -0.2) is 0 Å². The molecule has 1 spiro atoms. The van der Waals surface area contributed by atoms with Crippen LogP contribution in [0.25, 0.3) is 66.1 Å². The van der Waals surface area contributed by atoms with Gasteiger partial charge in [-0.15, -0.1) is 0 Å². The Hall–Kier alpha value is -7.16. The van der Waals surface area contributed by atoms with Crippen molar-refractivity contribution < 1.29 is 4.42 Å². The van der Waals surface area contributed by atoms with Gasteiger partial charge < -0.3 is 9.32 Å². The molecule has 2 aliphatic rings. The topological polar surface area (TPSA) is 16.4 Å². The van der Waals surface area contributed by atoms with E-state index in [0.717, 1.165) is 39.0 Å². The third-order valence-electron chi connectivity index (χ3n) is 12.1. The van der Waals surface area contributed by atoms with E-state index in [1.165, 1.54) is 66.4 Å². The third kappa shape index (κ3) is 4.14. The van der Waals surface area contributed by atoms with Crippen LogP contribution in [0.2, 0.25) is 0 Å². The first-order valence-electron chi connectivity index (χ1n) is 19.0. The fourth-order valence-corrected chi connectivity index (χ4v) is 9.82. The molecule has 2 nitrogen and oxygen atoms in total. The van der Waals surface area contributed by atoms with Crippen LogP contribution >= 0.6 is 0 Å². The van der Waals surface area contributed by atoms with Crippen molar-refractivity contribution >= 4 is 49.8 Å². The van der Waals surface area contributed by atoms with Crippen molar-refractivity contribution in [3.8, 4) is 33.4 Å². The van der Waals surface area contributed by atoms with Crippen LogP contribution < -0.4 is 4.90 Å². The minimum absolute atomic E-state index is 0.443. The van der Waals surface area contributed by atoms with E-state index < -0.39 is 5.41 Å². The van der Waals surface area contributed by atoms with Crippen LogP contribution in [0.4, 0.5) is 17.1 Å². The van der Waals surface area contributed by atoms with Gasteiger partial charge in [0.05, 0.1) is 11.1 Å². The SMILES string of the molecule is c1ccc(N(c2ccc(-c3ccc4c(c3)C3(c5ccccc5-4)c4ccccc4-c4cccc5cccc3c45)cc2)c2cccc3c2oc2ccccc23)cc1. The van der Waals surface area contributed by atoms with E-state index in [2.05, 4.69) is 193 Å². The number of para-hydroxylation sites is 3. The molecule has 0 saturated heterocycles. The number of nitrogens with zero attached hydrogens (tertiary/aromatic N) is 1. The van der Waals surface area contributed by atoms with E-state index in [0.29, 0.717) is 0 Å². The Morgan fingerprint density at radius 1 is 0.382 bits per heavy atom. The van der Waals surface area contributed by atoms with Crippen LogP contribution in [-0.4, -0.2) is 0 Å². The van der Waals surface area contributed by atoms with Crippen molar-refractivity contribution in [2.45, 2.75) is 5.41 Å². The molecule has 0 fully saturated rings. The Balaban J connectivity index is 1.04. The first-order chi connectivity index (χ1) is 27.3. The van der Waals surface area contributed by atoms with Crippen molar-refractivity contribution in [3.05, 3.63) is 222 Å². The standard InChI is InChI=1S/C53H33NO/c1-2-15-37(16-3-1)54(49-25-12-21-44-42-19-6-9-26-50(42)55-52(44)49)38-30-27-34(28-31-38)36-29-32-41-39-17-4-7-22-45(39)53(48(41)33-36)46-23-8-5-18-40(46)43-20-10-13-35-14-11-24-47(53)51(35)43/h1-33H. The van der Waals surface area contributed by atoms with Gasteiger partial charge in [0.1, 0.15) is 5.58 Å². The number of furan rings is 1. The number of hydrogen-bond donors (Lipinski definition) is 0. The van der Waals surface area contributed by atoms with Crippen molar-refractivity contribution in [1.29, 1.82) is 0 Å². The lowest BCUT2D eigenvalue weighted by molar-refractivity contribution is 0.669. The summed E-state index contributed by atoms with van der Waals surface area (Å²) in [6, 6.07) is 73.2. The molecule has 1 atom stereocenters. The Morgan fingerprint density at radius 3 is 1.78 bits per heavy atom. The Bertz CT molecular complexity index is 3150. The summed E-state index contributed by atoms with van der Waals surface area (Å²) < 4.78 is 6.55. The lowest BCUT2D eigenvalue weighted by atomic mass is 9.61. The molecule has 0 bridgehead atoms. The van der Waals surface area contributed by atoms with E-state index in [4.69, 9.17) is 4.42 Å². The second-order valence-corrected chi connectivity index (χ2v) is 14.8. The van der Waals surface area contributed by atoms with Gasteiger partial charge in [0.25, 0.3) is 0 Å². The van der Waals surface area contributed by atoms with Crippen LogP contribution in [0.15, 0.2) is 205 Å². The Morgan fingerprint density at radius 2 is 0.964 bits per heavy atom. The monoisotopic (exact) mass is 699 g/mol. The highest BCUT2D eigenvalue weighted by Gasteiger charge is 2.50. The maximum atomic E-state index is 6.55. The maximum absolute atomic E-state index is 6.55. The zero-order valence-corrected chi connectivity index (χ0v) is 29.9. The normalized spacial score (nSPS) is 15.0. The Kier molecular flexibility index (Phi) is 6.29. The molecule has 256 valence electrons. The smallest absolute Gasteiger partial charge is 0.159 e. The summed E-state index contributed by atoms with van der Waals surface area (Å²) in [5.41, 5.74) is 17.5. The number of benzene rings is 9. The maximum Gasteiger partial charge on any atom is 0.159 e. The van der Waals surface area contributed by atoms with Gasteiger partial charge >= 0.3 is 0 Å². The summed E-state index contributed by atoms with van der Waals surface area (Å²) in [5, 5.41) is 4.87. The van der Waals surface area contributed by atoms with Crippen molar-refractivity contribution in [2.75, 3.05) is 4.90 Å². The summed E-state index contributed by atoms with van der Waals surface area (Å²) in [6.07, 6.45) is 0. The lowest BCUT2D eigenvalue weighted by Crippen LogP contribution is -2.31. The molecule has 55 heavy (non-hydrogen) atoms. The van der Waals surface area contributed by atoms with Gasteiger partial charge in [0.2, 0.25) is 0 Å². The summed E-state index contributed by atoms with van der Waals surface area (Å²) in [5.74, 6) is 0. The van der Waals surface area contributed by atoms with E-state index in [1.54, 1.807) is 0 Å². The summed E-state index contributed by atoms with van der Waals surface area (Å²) in [7, 11) is 0. The van der Waals surface area contributed by atoms with Gasteiger partial charge in [0, 0.05) is 22.1 Å². The van der Waals surface area contributed by atoms with Crippen molar-refractivity contribution in [3.63, 3.8) is 0 Å². The molecule has 0 amide bonds. The summed E-state index contributed by atoms with van der Waals surface area (Å²) >= 11 is 0. The van der Waals surface area contributed by atoms with Gasteiger partial charge in [-0.2, -0.15) is 0 Å². The highest BCUT2D eigenvalue weighted by Crippen LogP contribution is 2.62. The molecule has 2 heteroatoms. The van der Waals surface area contributed by atoms with E-state index >= 15 is 0 Å². The largest absolute Gasteiger partial charge is 0.454 e. The molecular formula is C53H33NO. The highest BCUT2D eigenvalue weighted by molar-refractivity contribution is 6.10. The molecule has 1 heterocycles. The molecule has 1 unspecified atom stereocenters. The predicted molar refractivity (Wildman–Crippen MR) is 228 cm³/mol. The minimum Gasteiger partial charge on any atom is -0.454 e. The number of rotatable bonds is 4. The molecule has 0 N–H and O–H groups in total. The van der Waals surface area contributed by atoms with Crippen LogP contribution in [-0.2, 0) is 5.41 Å². The van der Waals surface area contributed by atoms with Crippen LogP contribution in [0.3, 0.4) is 0 Å². The highest BCUT2D eigenvalue weighted by atomic mass is 16.3. The van der Waals surface area contributed by atoms with E-state index in [1.807, 2.05) is 12.1 Å². The van der Waals surface area contributed by atoms with Gasteiger partial charge in [-0.3, -0.25) is 0 Å². The molecular weight excluding hydrogens is 667 g/mol. The van der Waals surface area contributed by atoms with Gasteiger partial charge in [-0.05, 0) is 109 Å². The molecule has 10 aromatic rings. The second-order valence-electron chi connectivity index (χ2n) is 14.8. The first-order valence-corrected chi connectivity index (χ1v) is 19.0. The molecule has 0 saturated carbocycles. The van der Waals surface area contributed by atoms with Crippen LogP contribution in [0.1, 0.15) is 22.3 Å². The number of hydrogen-bond acceptors (Lipinski definition) is 2. The average molecular weight is 700 g/mol. The molecule has 1 aromatic heterocycles. The van der Waals surface area contributed by atoms with Crippen molar-refractivity contribution in [1.82, 2.24) is 0 Å². The molecule has 9 aromatic carbocycles. The molecule has 12 rings (SSSR count). The van der Waals surface area contributed by atoms with E-state index in [9.17, 15) is 0 Å². The minimum atomic E-state index is -0.443. The van der Waals surface area contributed by atoms with Crippen molar-refractivity contribution in [2.24, 2.45) is 0 Å². The van der Waals surface area contributed by atoms with Gasteiger partial charge in [-0.1, -0.05) is 158 Å². The van der Waals surface area contributed by atoms with Crippen LogP contribution in [0, 0.1) is 0 Å². The third-order valence-corrected chi connectivity index (χ3v) is 12.1. The number of fused-ring (bicyclic) bond motifs is 12. The number of anilines is 3. The fraction of sp³-hybridized carbons (Fsp3) is 0.0189. The van der Waals surface area contributed by atoms with Gasteiger partial charge in [0.15, 0.2) is 5.58 Å². The second kappa shape index (κ2) is 11.4. The quantitative estimate of drug-likeness (QED) is 0.182. The fourth-order valence-electron chi connectivity index (χ4n) is 9.82. The van der Waals surface area contributed by atoms with Crippen LogP contribution in [0.5, 0.6) is 0 Å². The molecule has 0 aliphatic heterocycles. The zero-order chi connectivity index (χ0) is 36.1. The lowest BCUT2D eigenvalue weighted by Gasteiger charge is -2.40.